The van der Waals surface area contributed by atoms with E-state index in [2.05, 4.69) is 15.5 Å². The number of hydrogen-bond donors (Lipinski definition) is 2. The van der Waals surface area contributed by atoms with Crippen molar-refractivity contribution in [1.29, 1.82) is 0 Å². The maximum Gasteiger partial charge on any atom is 0.345 e. The highest BCUT2D eigenvalue weighted by atomic mass is 32.1. The number of aryl methyl sites for hydroxylation is 2. The van der Waals surface area contributed by atoms with Gasteiger partial charge in [-0.1, -0.05) is 0 Å². The number of fused-ring (bicyclic) bond motifs is 1. The quantitative estimate of drug-likeness (QED) is 0.560. The van der Waals surface area contributed by atoms with Crippen LogP contribution in [0.2, 0.25) is 0 Å². The molecule has 4 aromatic heterocycles. The Morgan fingerprint density at radius 2 is 2.00 bits per heavy atom. The van der Waals surface area contributed by atoms with Crippen molar-refractivity contribution >= 4 is 44.4 Å². The first-order chi connectivity index (χ1) is 12.4. The van der Waals surface area contributed by atoms with Crippen molar-refractivity contribution in [3.63, 3.8) is 0 Å². The van der Waals surface area contributed by atoms with Gasteiger partial charge < -0.3 is 10.4 Å². The Morgan fingerprint density at radius 1 is 1.19 bits per heavy atom. The Hall–Kier alpha value is -2.98. The van der Waals surface area contributed by atoms with E-state index < -0.39 is 5.97 Å². The molecule has 0 unspecified atom stereocenters. The lowest BCUT2D eigenvalue weighted by atomic mass is 10.3. The summed E-state index contributed by atoms with van der Waals surface area (Å²) in [5, 5.41) is 20.8. The molecule has 10 heteroatoms. The van der Waals surface area contributed by atoms with Gasteiger partial charge in [0.05, 0.1) is 27.8 Å². The highest BCUT2D eigenvalue weighted by Crippen LogP contribution is 2.32. The lowest BCUT2D eigenvalue weighted by Gasteiger charge is -2.01. The third kappa shape index (κ3) is 2.78. The molecule has 0 radical (unpaired) electrons. The number of nitrogens with one attached hydrogen (secondary N) is 1. The van der Waals surface area contributed by atoms with E-state index in [9.17, 15) is 9.59 Å². The first kappa shape index (κ1) is 16.5. The number of nitrogens with zero attached hydrogens (tertiary/aromatic N) is 4. The number of amides is 1. The van der Waals surface area contributed by atoms with Crippen LogP contribution < -0.4 is 5.32 Å². The Kier molecular flexibility index (Phi) is 3.85. The van der Waals surface area contributed by atoms with E-state index in [0.29, 0.717) is 21.0 Å². The van der Waals surface area contributed by atoms with Crippen molar-refractivity contribution in [2.45, 2.75) is 6.92 Å². The van der Waals surface area contributed by atoms with Crippen LogP contribution in [0.15, 0.2) is 30.9 Å². The summed E-state index contributed by atoms with van der Waals surface area (Å²) in [5.74, 6) is -1.33. The van der Waals surface area contributed by atoms with Gasteiger partial charge in [-0.05, 0) is 18.6 Å². The number of anilines is 1. The summed E-state index contributed by atoms with van der Waals surface area (Å²) < 4.78 is 3.37. The summed E-state index contributed by atoms with van der Waals surface area (Å²) in [6.07, 6.45) is 7.02. The number of aromatic nitrogens is 4. The molecule has 0 bridgehead atoms. The summed E-state index contributed by atoms with van der Waals surface area (Å²) in [5.41, 5.74) is 2.11. The van der Waals surface area contributed by atoms with E-state index in [4.69, 9.17) is 5.11 Å². The third-order valence-corrected chi connectivity index (χ3v) is 6.09. The predicted molar refractivity (Wildman–Crippen MR) is 99.2 cm³/mol. The van der Waals surface area contributed by atoms with E-state index in [1.165, 1.54) is 17.5 Å². The molecule has 0 atom stereocenters. The second kappa shape index (κ2) is 6.07. The van der Waals surface area contributed by atoms with Crippen molar-refractivity contribution in [1.82, 2.24) is 19.4 Å². The Bertz CT molecular complexity index is 1150. The standard InChI is InChI=1S/C16H13N5O3S2/c1-8-3-11(16(23)24)25-14(8)19-13(22)10-5-18-21-7-12(26-15(10)21)9-4-17-20(2)6-9/h3-7H,1-2H3,(H,19,22)(H,23,24). The van der Waals surface area contributed by atoms with Crippen LogP contribution >= 0.6 is 22.7 Å². The number of thiophene rings is 1. The number of carboxylic acid groups (broad SMARTS) is 1. The van der Waals surface area contributed by atoms with E-state index in [1.54, 1.807) is 28.4 Å². The molecule has 0 aliphatic heterocycles. The average molecular weight is 387 g/mol. The molecule has 0 aliphatic rings. The molecule has 2 N–H and O–H groups in total. The van der Waals surface area contributed by atoms with Gasteiger partial charge in [0.15, 0.2) is 0 Å². The van der Waals surface area contributed by atoms with Crippen molar-refractivity contribution in [3.05, 3.63) is 46.9 Å². The number of carbonyl (C=O) groups is 2. The van der Waals surface area contributed by atoms with Crippen LogP contribution in [-0.2, 0) is 7.05 Å². The number of hydrogen-bond acceptors (Lipinski definition) is 6. The summed E-state index contributed by atoms with van der Waals surface area (Å²) in [6.45, 7) is 1.76. The zero-order valence-corrected chi connectivity index (χ0v) is 15.4. The molecule has 4 aromatic rings. The van der Waals surface area contributed by atoms with Gasteiger partial charge >= 0.3 is 5.97 Å². The molecular formula is C16H13N5O3S2. The van der Waals surface area contributed by atoms with E-state index in [-0.39, 0.29) is 10.8 Å². The fourth-order valence-electron chi connectivity index (χ4n) is 2.51. The smallest absolute Gasteiger partial charge is 0.345 e. The lowest BCUT2D eigenvalue weighted by molar-refractivity contribution is 0.0702. The normalized spacial score (nSPS) is 11.2. The fraction of sp³-hybridized carbons (Fsp3) is 0.125. The van der Waals surface area contributed by atoms with E-state index >= 15 is 0 Å². The number of thiazole rings is 1. The average Bonchev–Trinajstić information content (AvgIpc) is 3.31. The van der Waals surface area contributed by atoms with Crippen LogP contribution in [0.1, 0.15) is 25.6 Å². The largest absolute Gasteiger partial charge is 0.477 e. The van der Waals surface area contributed by atoms with Crippen molar-refractivity contribution in [3.8, 4) is 10.4 Å². The molecule has 8 nitrogen and oxygen atoms in total. The second-order valence-electron chi connectivity index (χ2n) is 5.69. The Morgan fingerprint density at radius 3 is 2.65 bits per heavy atom. The highest BCUT2D eigenvalue weighted by Gasteiger charge is 2.19. The van der Waals surface area contributed by atoms with Crippen LogP contribution in [0.4, 0.5) is 5.00 Å². The van der Waals surface area contributed by atoms with Crippen molar-refractivity contribution in [2.75, 3.05) is 5.32 Å². The number of aromatic carboxylic acids is 1. The maximum absolute atomic E-state index is 12.7. The minimum absolute atomic E-state index is 0.188. The molecule has 0 aliphatic carbocycles. The van der Waals surface area contributed by atoms with Gasteiger partial charge in [-0.3, -0.25) is 9.48 Å². The maximum atomic E-state index is 12.7. The fourth-order valence-corrected chi connectivity index (χ4v) is 4.45. The number of carboxylic acids is 1. The summed E-state index contributed by atoms with van der Waals surface area (Å²) in [6, 6.07) is 1.54. The van der Waals surface area contributed by atoms with Gasteiger partial charge in [0.1, 0.15) is 9.71 Å². The van der Waals surface area contributed by atoms with Crippen LogP contribution in [0.5, 0.6) is 0 Å². The van der Waals surface area contributed by atoms with Gasteiger partial charge in [0, 0.05) is 25.0 Å². The third-order valence-electron chi connectivity index (χ3n) is 3.79. The monoisotopic (exact) mass is 387 g/mol. The van der Waals surface area contributed by atoms with Gasteiger partial charge in [0.25, 0.3) is 5.91 Å². The van der Waals surface area contributed by atoms with Gasteiger partial charge in [-0.2, -0.15) is 10.2 Å². The molecule has 26 heavy (non-hydrogen) atoms. The van der Waals surface area contributed by atoms with Gasteiger partial charge in [-0.15, -0.1) is 22.7 Å². The van der Waals surface area contributed by atoms with Crippen molar-refractivity contribution < 1.29 is 14.7 Å². The highest BCUT2D eigenvalue weighted by molar-refractivity contribution is 7.21. The molecule has 4 rings (SSSR count). The molecule has 132 valence electrons. The summed E-state index contributed by atoms with van der Waals surface area (Å²) in [7, 11) is 1.84. The zero-order chi connectivity index (χ0) is 18.4. The lowest BCUT2D eigenvalue weighted by Crippen LogP contribution is -2.10. The molecule has 0 saturated heterocycles. The molecule has 0 spiro atoms. The van der Waals surface area contributed by atoms with Crippen LogP contribution in [0, 0.1) is 6.92 Å². The summed E-state index contributed by atoms with van der Waals surface area (Å²) in [4.78, 5) is 25.6. The number of carbonyl (C=O) groups excluding carboxylic acids is 1. The SMILES string of the molecule is Cc1cc(C(=O)O)sc1NC(=O)c1cnn2cc(-c3cnn(C)c3)sc12. The minimum atomic E-state index is -1.01. The Balaban J connectivity index is 1.65. The van der Waals surface area contributed by atoms with Crippen molar-refractivity contribution in [2.24, 2.45) is 7.05 Å². The zero-order valence-electron chi connectivity index (χ0n) is 13.8. The minimum Gasteiger partial charge on any atom is -0.477 e. The number of rotatable bonds is 4. The van der Waals surface area contributed by atoms with E-state index in [0.717, 1.165) is 21.8 Å². The van der Waals surface area contributed by atoms with Crippen LogP contribution in [-0.4, -0.2) is 36.4 Å². The molecular weight excluding hydrogens is 374 g/mol. The molecule has 1 amide bonds. The topological polar surface area (TPSA) is 102 Å². The first-order valence-corrected chi connectivity index (χ1v) is 9.17. The molecule has 0 fully saturated rings. The Labute approximate surface area is 155 Å². The predicted octanol–water partition coefficient (Wildman–Crippen LogP) is 3.12. The molecule has 0 saturated carbocycles. The van der Waals surface area contributed by atoms with E-state index in [1.807, 2.05) is 19.4 Å². The van der Waals surface area contributed by atoms with Gasteiger partial charge in [-0.25, -0.2) is 9.31 Å². The van der Waals surface area contributed by atoms with Crippen LogP contribution in [0.3, 0.4) is 0 Å². The summed E-state index contributed by atoms with van der Waals surface area (Å²) >= 11 is 2.48. The second-order valence-corrected chi connectivity index (χ2v) is 7.77. The van der Waals surface area contributed by atoms with Gasteiger partial charge in [0.2, 0.25) is 0 Å². The van der Waals surface area contributed by atoms with Crippen LogP contribution in [0.25, 0.3) is 15.3 Å². The molecule has 4 heterocycles. The first-order valence-electron chi connectivity index (χ1n) is 7.53. The molecule has 0 aromatic carbocycles.